The van der Waals surface area contributed by atoms with Gasteiger partial charge in [-0.15, -0.1) is 10.2 Å². The highest BCUT2D eigenvalue weighted by Gasteiger charge is 2.43. The maximum atomic E-state index is 12.6. The minimum Gasteiger partial charge on any atom is -0.487 e. The van der Waals surface area contributed by atoms with Crippen molar-refractivity contribution in [1.82, 2.24) is 20.0 Å². The largest absolute Gasteiger partial charge is 0.487 e. The number of ether oxygens (including phenoxy) is 2. The van der Waals surface area contributed by atoms with Crippen LogP contribution >= 0.6 is 0 Å². The van der Waals surface area contributed by atoms with E-state index in [2.05, 4.69) is 27.2 Å². The molecule has 0 N–H and O–H groups in total. The first kappa shape index (κ1) is 21.3. The number of carbonyl (C=O) groups is 1. The van der Waals surface area contributed by atoms with Gasteiger partial charge in [0.2, 0.25) is 5.89 Å². The van der Waals surface area contributed by atoms with Gasteiger partial charge in [-0.25, -0.2) is 0 Å². The Morgan fingerprint density at radius 2 is 1.88 bits per heavy atom. The predicted octanol–water partition coefficient (Wildman–Crippen LogP) is 3.39. The van der Waals surface area contributed by atoms with E-state index in [9.17, 15) is 4.79 Å². The van der Waals surface area contributed by atoms with Crippen LogP contribution in [0.1, 0.15) is 35.5 Å². The lowest BCUT2D eigenvalue weighted by atomic mass is 9.95. The van der Waals surface area contributed by atoms with Crippen LogP contribution in [0.4, 0.5) is 0 Å². The normalized spacial score (nSPS) is 22.9. The van der Waals surface area contributed by atoms with E-state index in [1.54, 1.807) is 4.90 Å². The summed E-state index contributed by atoms with van der Waals surface area (Å²) >= 11 is 0. The zero-order valence-corrected chi connectivity index (χ0v) is 19.1. The molecule has 1 amide bonds. The van der Waals surface area contributed by atoms with Crippen LogP contribution in [-0.4, -0.2) is 70.4 Å². The van der Waals surface area contributed by atoms with E-state index < -0.39 is 0 Å². The molecule has 3 aliphatic heterocycles. The first-order valence-electron chi connectivity index (χ1n) is 12.0. The lowest BCUT2D eigenvalue weighted by molar-refractivity contribution is 0.0149. The van der Waals surface area contributed by atoms with Gasteiger partial charge in [0.15, 0.2) is 0 Å². The molecule has 6 rings (SSSR count). The average Bonchev–Trinajstić information content (AvgIpc) is 3.60. The van der Waals surface area contributed by atoms with Crippen LogP contribution in [0.2, 0.25) is 0 Å². The number of aromatic nitrogens is 2. The Bertz CT molecular complexity index is 1130. The number of benzene rings is 2. The molecule has 0 unspecified atom stereocenters. The molecule has 34 heavy (non-hydrogen) atoms. The molecule has 0 radical (unpaired) electrons. The van der Waals surface area contributed by atoms with Gasteiger partial charge < -0.3 is 18.8 Å². The molecule has 4 heterocycles. The van der Waals surface area contributed by atoms with Gasteiger partial charge in [-0.1, -0.05) is 30.3 Å². The minimum absolute atomic E-state index is 0.00834. The first-order valence-corrected chi connectivity index (χ1v) is 12.0. The molecule has 1 spiro atoms. The summed E-state index contributed by atoms with van der Waals surface area (Å²) in [6.07, 6.45) is 3.59. The zero-order valence-electron chi connectivity index (χ0n) is 19.1. The van der Waals surface area contributed by atoms with Crippen LogP contribution < -0.4 is 4.74 Å². The molecule has 1 atom stereocenters. The van der Waals surface area contributed by atoms with E-state index in [-0.39, 0.29) is 23.4 Å². The molecule has 0 bridgehead atoms. The van der Waals surface area contributed by atoms with Crippen LogP contribution in [0.15, 0.2) is 59.0 Å². The van der Waals surface area contributed by atoms with Gasteiger partial charge in [0, 0.05) is 24.3 Å². The summed E-state index contributed by atoms with van der Waals surface area (Å²) in [5.74, 6) is 0.914. The van der Waals surface area contributed by atoms with Crippen molar-refractivity contribution in [3.05, 3.63) is 66.1 Å². The second-order valence-electron chi connectivity index (χ2n) is 9.42. The molecule has 3 saturated heterocycles. The molecule has 2 aromatic carbocycles. The second-order valence-corrected chi connectivity index (χ2v) is 9.42. The fourth-order valence-electron chi connectivity index (χ4n) is 5.19. The van der Waals surface area contributed by atoms with Crippen molar-refractivity contribution in [2.24, 2.45) is 0 Å². The summed E-state index contributed by atoms with van der Waals surface area (Å²) < 4.78 is 17.3. The van der Waals surface area contributed by atoms with Gasteiger partial charge in [-0.3, -0.25) is 9.69 Å². The number of rotatable bonds is 6. The van der Waals surface area contributed by atoms with E-state index in [0.717, 1.165) is 44.0 Å². The average molecular weight is 461 g/mol. The molecule has 0 saturated carbocycles. The molecule has 8 nitrogen and oxygen atoms in total. The highest BCUT2D eigenvalue weighted by atomic mass is 16.5. The van der Waals surface area contributed by atoms with Crippen LogP contribution in [0.3, 0.4) is 0 Å². The molecule has 8 heteroatoms. The number of hydrogen-bond acceptors (Lipinski definition) is 7. The second kappa shape index (κ2) is 8.85. The number of hydrogen-bond donors (Lipinski definition) is 0. The number of carbonyl (C=O) groups excluding carboxylic acids is 1. The third kappa shape index (κ3) is 4.08. The highest BCUT2D eigenvalue weighted by molar-refractivity contribution is 5.90. The van der Waals surface area contributed by atoms with E-state index >= 15 is 0 Å². The van der Waals surface area contributed by atoms with Crippen LogP contribution in [0.5, 0.6) is 5.75 Å². The molecule has 3 aliphatic rings. The lowest BCUT2D eigenvalue weighted by Crippen LogP contribution is -2.56. The summed E-state index contributed by atoms with van der Waals surface area (Å²) in [7, 11) is 0. The fraction of sp³-hybridized carbons (Fsp3) is 0.423. The Hall–Kier alpha value is -3.23. The predicted molar refractivity (Wildman–Crippen MR) is 124 cm³/mol. The molecule has 3 aromatic rings. The van der Waals surface area contributed by atoms with Crippen LogP contribution in [0.25, 0.3) is 11.5 Å². The summed E-state index contributed by atoms with van der Waals surface area (Å²) in [6.45, 7) is 4.83. The van der Waals surface area contributed by atoms with Gasteiger partial charge in [0.25, 0.3) is 0 Å². The maximum Gasteiger partial charge on any atom is 0.311 e. The van der Waals surface area contributed by atoms with Gasteiger partial charge in [0.1, 0.15) is 11.9 Å². The zero-order chi connectivity index (χ0) is 23.0. The van der Waals surface area contributed by atoms with Gasteiger partial charge in [-0.2, -0.15) is 0 Å². The Morgan fingerprint density at radius 3 is 2.65 bits per heavy atom. The first-order chi connectivity index (χ1) is 16.7. The van der Waals surface area contributed by atoms with Gasteiger partial charge >= 0.3 is 11.8 Å². The minimum atomic E-state index is -0.264. The van der Waals surface area contributed by atoms with Crippen molar-refractivity contribution in [3.8, 4) is 17.2 Å². The Morgan fingerprint density at radius 1 is 1.06 bits per heavy atom. The van der Waals surface area contributed by atoms with Gasteiger partial charge in [-0.05, 0) is 55.6 Å². The summed E-state index contributed by atoms with van der Waals surface area (Å²) in [6, 6.07) is 17.8. The van der Waals surface area contributed by atoms with E-state index in [4.69, 9.17) is 13.9 Å². The Labute approximate surface area is 198 Å². The number of nitrogens with zero attached hydrogens (tertiary/aromatic N) is 4. The lowest BCUT2D eigenvalue weighted by Gasteiger charge is -2.38. The standard InChI is InChI=1S/C26H28N4O4/c31-25(24-28-27-23(34-24)20-5-2-1-3-6-20)29-16-22(17-29)33-21-9-7-19(8-10-21)15-30-13-4-11-26(30)12-14-32-18-26/h1-3,5-10,22H,4,11-18H2/t26-/m0/s1. The number of likely N-dealkylation sites (tertiary alicyclic amines) is 2. The summed E-state index contributed by atoms with van der Waals surface area (Å²) in [4.78, 5) is 16.9. The van der Waals surface area contributed by atoms with Gasteiger partial charge in [0.05, 0.1) is 19.7 Å². The number of amides is 1. The van der Waals surface area contributed by atoms with Crippen molar-refractivity contribution >= 4 is 5.91 Å². The third-order valence-electron chi connectivity index (χ3n) is 7.19. The summed E-state index contributed by atoms with van der Waals surface area (Å²) in [5.41, 5.74) is 2.33. The Balaban J connectivity index is 1.00. The Kier molecular flexibility index (Phi) is 5.55. The smallest absolute Gasteiger partial charge is 0.311 e. The molecular formula is C26H28N4O4. The highest BCUT2D eigenvalue weighted by Crippen LogP contribution is 2.37. The SMILES string of the molecule is O=C(c1nnc(-c2ccccc2)o1)N1CC(Oc2ccc(CN3CCC[C@@]34CCOC4)cc2)C1. The van der Waals surface area contributed by atoms with E-state index in [1.807, 2.05) is 42.5 Å². The van der Waals surface area contributed by atoms with Crippen molar-refractivity contribution in [1.29, 1.82) is 0 Å². The topological polar surface area (TPSA) is 80.9 Å². The molecule has 3 fully saturated rings. The van der Waals surface area contributed by atoms with Crippen molar-refractivity contribution in [2.75, 3.05) is 32.8 Å². The molecular weight excluding hydrogens is 432 g/mol. The summed E-state index contributed by atoms with van der Waals surface area (Å²) in [5, 5.41) is 7.92. The maximum absolute atomic E-state index is 12.6. The molecule has 0 aliphatic carbocycles. The third-order valence-corrected chi connectivity index (χ3v) is 7.19. The van der Waals surface area contributed by atoms with E-state index in [1.165, 1.54) is 18.4 Å². The molecule has 1 aromatic heterocycles. The van der Waals surface area contributed by atoms with Crippen molar-refractivity contribution in [2.45, 2.75) is 37.5 Å². The quantitative estimate of drug-likeness (QED) is 0.558. The van der Waals surface area contributed by atoms with Crippen LogP contribution in [0, 0.1) is 0 Å². The fourth-order valence-corrected chi connectivity index (χ4v) is 5.19. The molecule has 176 valence electrons. The van der Waals surface area contributed by atoms with Crippen molar-refractivity contribution < 1.29 is 18.7 Å². The van der Waals surface area contributed by atoms with Crippen LogP contribution in [-0.2, 0) is 11.3 Å². The monoisotopic (exact) mass is 460 g/mol. The van der Waals surface area contributed by atoms with Crippen molar-refractivity contribution in [3.63, 3.8) is 0 Å². The van der Waals surface area contributed by atoms with E-state index in [0.29, 0.717) is 19.0 Å².